The van der Waals surface area contributed by atoms with Gasteiger partial charge in [0.2, 0.25) is 0 Å². The molecule has 3 saturated carbocycles. The van der Waals surface area contributed by atoms with Crippen LogP contribution < -0.4 is 4.74 Å². The number of alkyl halides is 5. The highest BCUT2D eigenvalue weighted by Gasteiger charge is 2.63. The predicted molar refractivity (Wildman–Crippen MR) is 148 cm³/mol. The molecule has 44 heavy (non-hydrogen) atoms. The van der Waals surface area contributed by atoms with Crippen molar-refractivity contribution in [2.24, 2.45) is 22.7 Å². The Morgan fingerprint density at radius 2 is 1.75 bits per heavy atom. The Bertz CT molecular complexity index is 1450. The fourth-order valence-corrected chi connectivity index (χ4v) is 7.50. The van der Waals surface area contributed by atoms with Gasteiger partial charge in [0.15, 0.2) is 11.5 Å². The van der Waals surface area contributed by atoms with E-state index < -0.39 is 77.1 Å². The summed E-state index contributed by atoms with van der Waals surface area (Å²) in [5.41, 5.74) is -3.47. The first kappa shape index (κ1) is 32.2. The third kappa shape index (κ3) is 5.79. The number of hydrogen-bond donors (Lipinski definition) is 1. The summed E-state index contributed by atoms with van der Waals surface area (Å²) in [6, 6.07) is 2.36. The lowest BCUT2D eigenvalue weighted by Gasteiger charge is -2.35. The molecule has 1 amide bonds. The molecule has 2 aromatic rings. The maximum Gasteiger partial charge on any atom is 0.433 e. The molecule has 3 atom stereocenters. The Morgan fingerprint density at radius 1 is 1.14 bits per heavy atom. The largest absolute Gasteiger partial charge is 0.481 e. The number of amides is 1. The van der Waals surface area contributed by atoms with Gasteiger partial charge < -0.3 is 14.7 Å². The van der Waals surface area contributed by atoms with Crippen LogP contribution in [0.1, 0.15) is 91.7 Å². The molecule has 0 aliphatic heterocycles. The van der Waals surface area contributed by atoms with E-state index in [9.17, 15) is 41.4 Å². The Morgan fingerprint density at radius 3 is 2.30 bits per heavy atom. The van der Waals surface area contributed by atoms with Gasteiger partial charge in [0.1, 0.15) is 5.75 Å². The van der Waals surface area contributed by atoms with E-state index in [2.05, 4.69) is 23.7 Å². The van der Waals surface area contributed by atoms with Crippen molar-refractivity contribution >= 4 is 29.3 Å². The summed E-state index contributed by atoms with van der Waals surface area (Å²) in [6.07, 6.45) is -2.73. The summed E-state index contributed by atoms with van der Waals surface area (Å²) in [4.78, 5) is 40.3. The van der Waals surface area contributed by atoms with Crippen molar-refractivity contribution in [2.75, 3.05) is 6.54 Å². The Kier molecular flexibility index (Phi) is 8.26. The van der Waals surface area contributed by atoms with Crippen LogP contribution in [0.3, 0.4) is 0 Å². The number of carbonyl (C=O) groups is 3. The normalized spacial score (nSPS) is 27.6. The molecule has 1 aromatic heterocycles. The van der Waals surface area contributed by atoms with Gasteiger partial charge in [0.05, 0.1) is 40.3 Å². The van der Waals surface area contributed by atoms with Crippen LogP contribution in [0, 0.1) is 22.7 Å². The third-order valence-corrected chi connectivity index (χ3v) is 10.4. The van der Waals surface area contributed by atoms with Crippen LogP contribution in [0.15, 0.2) is 24.4 Å². The summed E-state index contributed by atoms with van der Waals surface area (Å²) in [6.45, 7) is 1.70. The first-order valence-corrected chi connectivity index (χ1v) is 14.8. The summed E-state index contributed by atoms with van der Waals surface area (Å²) in [5.74, 6) is -3.02. The molecule has 1 heterocycles. The summed E-state index contributed by atoms with van der Waals surface area (Å²) < 4.78 is 75.2. The van der Waals surface area contributed by atoms with E-state index in [-0.39, 0.29) is 48.0 Å². The average Bonchev–Trinajstić information content (AvgIpc) is 3.35. The van der Waals surface area contributed by atoms with Crippen LogP contribution in [-0.2, 0) is 11.0 Å². The van der Waals surface area contributed by atoms with Gasteiger partial charge in [-0.25, -0.2) is 0 Å². The molecule has 0 bridgehead atoms. The second-order valence-corrected chi connectivity index (χ2v) is 13.4. The predicted octanol–water partition coefficient (Wildman–Crippen LogP) is 7.12. The first-order valence-electron chi connectivity index (χ1n) is 14.4. The van der Waals surface area contributed by atoms with Gasteiger partial charge in [-0.3, -0.25) is 19.1 Å². The number of fused-ring (bicyclic) bond motifs is 1. The maximum absolute atomic E-state index is 14.6. The van der Waals surface area contributed by atoms with Crippen LogP contribution in [-0.4, -0.2) is 56.6 Å². The highest BCUT2D eigenvalue weighted by atomic mass is 35.5. The minimum Gasteiger partial charge on any atom is -0.481 e. The van der Waals surface area contributed by atoms with Gasteiger partial charge in [0.25, 0.3) is 5.91 Å². The molecule has 14 heteroatoms. The molecule has 0 radical (unpaired) electrons. The lowest BCUT2D eigenvalue weighted by atomic mass is 9.74. The number of hydrogen-bond acceptors (Lipinski definition) is 5. The van der Waals surface area contributed by atoms with Crippen molar-refractivity contribution in [1.29, 1.82) is 0 Å². The Labute approximate surface area is 255 Å². The van der Waals surface area contributed by atoms with Crippen molar-refractivity contribution in [3.8, 4) is 5.75 Å². The zero-order valence-corrected chi connectivity index (χ0v) is 25.1. The van der Waals surface area contributed by atoms with Crippen molar-refractivity contribution < 1.29 is 46.2 Å². The summed E-state index contributed by atoms with van der Waals surface area (Å²) >= 11 is 6.18. The van der Waals surface area contributed by atoms with E-state index >= 15 is 0 Å². The lowest BCUT2D eigenvalue weighted by molar-refractivity contribution is -0.152. The van der Waals surface area contributed by atoms with Gasteiger partial charge in [-0.1, -0.05) is 31.5 Å². The van der Waals surface area contributed by atoms with Gasteiger partial charge in [0, 0.05) is 6.04 Å². The van der Waals surface area contributed by atoms with E-state index in [1.54, 1.807) is 6.92 Å². The Balaban J connectivity index is 1.49. The van der Waals surface area contributed by atoms with Crippen molar-refractivity contribution in [2.45, 2.75) is 84.2 Å². The van der Waals surface area contributed by atoms with E-state index in [0.29, 0.717) is 12.8 Å². The highest BCUT2D eigenvalue weighted by Crippen LogP contribution is 2.67. The molecule has 1 N–H and O–H groups in total. The molecule has 0 unspecified atom stereocenters. The number of carboxylic acid groups (broad SMARTS) is 1. The molecule has 5 rings (SSSR count). The van der Waals surface area contributed by atoms with Crippen LogP contribution in [0.5, 0.6) is 5.75 Å². The van der Waals surface area contributed by atoms with Crippen molar-refractivity contribution in [1.82, 2.24) is 14.7 Å². The summed E-state index contributed by atoms with van der Waals surface area (Å²) in [5, 5.41) is 13.3. The maximum atomic E-state index is 14.6. The van der Waals surface area contributed by atoms with Crippen molar-refractivity contribution in [3.63, 3.8) is 0 Å². The number of rotatable bonds is 9. The molecule has 8 nitrogen and oxygen atoms in total. The molecular formula is C30H33ClF5N3O5. The molecule has 0 spiro atoms. The second-order valence-electron chi connectivity index (χ2n) is 13.0. The zero-order chi connectivity index (χ0) is 32.4. The fraction of sp³-hybridized carbons (Fsp3) is 0.600. The number of ketones is 1. The number of nitrogens with zero attached hydrogens (tertiary/aromatic N) is 3. The van der Waals surface area contributed by atoms with Gasteiger partial charge in [-0.15, -0.1) is 0 Å². The SMILES string of the molecule is CC1(C)[C@@H]2C[C@H](N(CC(=O)c3c(Cl)cccc3OC(F)F)C(=O)c3cnn([C@H]4CC[C@](C)(C(=O)O)CC4)c3C(F)(F)F)C[C@@H]21. The van der Waals surface area contributed by atoms with E-state index in [1.807, 2.05) is 0 Å². The number of aliphatic carboxylic acids is 1. The molecule has 1 aromatic carbocycles. The summed E-state index contributed by atoms with van der Waals surface area (Å²) in [7, 11) is 0. The van der Waals surface area contributed by atoms with E-state index in [0.717, 1.165) is 21.8 Å². The number of ether oxygens (including phenoxy) is 1. The number of aromatic nitrogens is 2. The van der Waals surface area contributed by atoms with Crippen LogP contribution in [0.25, 0.3) is 0 Å². The minimum absolute atomic E-state index is 0.00366. The first-order chi connectivity index (χ1) is 20.5. The number of carbonyl (C=O) groups excluding carboxylic acids is 2. The topological polar surface area (TPSA) is 102 Å². The highest BCUT2D eigenvalue weighted by molar-refractivity contribution is 6.34. The lowest BCUT2D eigenvalue weighted by Crippen LogP contribution is -2.44. The van der Waals surface area contributed by atoms with Gasteiger partial charge in [-0.05, 0) is 74.8 Å². The van der Waals surface area contributed by atoms with E-state index in [1.165, 1.54) is 12.1 Å². The van der Waals surface area contributed by atoms with Gasteiger partial charge >= 0.3 is 18.8 Å². The molecular weight excluding hydrogens is 613 g/mol. The van der Waals surface area contributed by atoms with Gasteiger partial charge in [-0.2, -0.15) is 27.1 Å². The molecule has 3 aliphatic rings. The van der Waals surface area contributed by atoms with Crippen LogP contribution in [0.2, 0.25) is 5.02 Å². The monoisotopic (exact) mass is 645 g/mol. The van der Waals surface area contributed by atoms with Crippen LogP contribution in [0.4, 0.5) is 22.0 Å². The standard InChI is InChI=1S/C30H33ClF5N3O5/c1-28(2)18-11-16(12-19(18)28)38(14-21(40)23-20(31)5-4-6-22(23)44-27(32)33)25(41)17-13-37-39(24(17)30(34,35)36)15-7-9-29(3,10-8-15)26(42)43/h4-6,13,15-16,18-19,27H,7-12,14H2,1-3H3,(H,42,43)/t15-,16-,18+,19-,29-. The molecule has 0 saturated heterocycles. The minimum atomic E-state index is -4.99. The zero-order valence-electron chi connectivity index (χ0n) is 24.3. The van der Waals surface area contributed by atoms with E-state index in [4.69, 9.17) is 11.6 Å². The quantitative estimate of drug-likeness (QED) is 0.230. The molecule has 3 aliphatic carbocycles. The second kappa shape index (κ2) is 11.3. The number of carboxylic acids is 1. The number of halogens is 6. The number of benzene rings is 1. The van der Waals surface area contributed by atoms with Crippen molar-refractivity contribution in [3.05, 3.63) is 46.2 Å². The molecule has 3 fully saturated rings. The van der Waals surface area contributed by atoms with Crippen LogP contribution >= 0.6 is 11.6 Å². The Hall–Kier alpha value is -3.22. The average molecular weight is 646 g/mol. The number of Topliss-reactive ketones (excluding diaryl/α,β-unsaturated/α-hetero) is 1. The smallest absolute Gasteiger partial charge is 0.433 e. The fourth-order valence-electron chi connectivity index (χ4n) is 7.23. The third-order valence-electron chi connectivity index (χ3n) is 10.0. The molecule has 240 valence electrons.